The van der Waals surface area contributed by atoms with E-state index in [9.17, 15) is 14.9 Å². The van der Waals surface area contributed by atoms with Crippen LogP contribution in [0.2, 0.25) is 0 Å². The maximum absolute atomic E-state index is 12.0. The number of non-ortho nitro benzene ring substituents is 1. The van der Waals surface area contributed by atoms with Gasteiger partial charge < -0.3 is 9.80 Å². The zero-order valence-corrected chi connectivity index (χ0v) is 13.9. The third-order valence-electron chi connectivity index (χ3n) is 3.93. The lowest BCUT2D eigenvalue weighted by molar-refractivity contribution is -0.384. The van der Waals surface area contributed by atoms with E-state index in [0.29, 0.717) is 13.1 Å². The molecule has 1 aromatic heterocycles. The minimum Gasteiger partial charge on any atom is -0.345 e. The monoisotopic (exact) mass is 334 g/mol. The van der Waals surface area contributed by atoms with Gasteiger partial charge in [0.25, 0.3) is 5.69 Å². The van der Waals surface area contributed by atoms with Gasteiger partial charge in [0.1, 0.15) is 0 Å². The Morgan fingerprint density at radius 2 is 2.00 bits per heavy atom. The van der Waals surface area contributed by atoms with E-state index in [-0.39, 0.29) is 17.5 Å². The molecule has 1 fully saturated rings. The molecule has 122 valence electrons. The highest BCUT2D eigenvalue weighted by Gasteiger charge is 2.24. The number of rotatable bonds is 3. The molecule has 23 heavy (non-hydrogen) atoms. The van der Waals surface area contributed by atoms with Crippen LogP contribution in [0.25, 0.3) is 10.2 Å². The summed E-state index contributed by atoms with van der Waals surface area (Å²) in [5.41, 5.74) is 0.858. The molecule has 7 nitrogen and oxygen atoms in total. The Balaban J connectivity index is 1.74. The maximum atomic E-state index is 12.0. The lowest BCUT2D eigenvalue weighted by Gasteiger charge is -2.35. The minimum atomic E-state index is -0.394. The van der Waals surface area contributed by atoms with Crippen LogP contribution in [0, 0.1) is 16.0 Å². The molecule has 0 atom stereocenters. The highest BCUT2D eigenvalue weighted by Crippen LogP contribution is 2.31. The second-order valence-electron chi connectivity index (χ2n) is 5.87. The van der Waals surface area contributed by atoms with E-state index in [0.717, 1.165) is 28.4 Å². The number of carbonyl (C=O) groups is 1. The van der Waals surface area contributed by atoms with Crippen LogP contribution in [0.5, 0.6) is 0 Å². The molecule has 1 amide bonds. The Bertz CT molecular complexity index is 750. The van der Waals surface area contributed by atoms with Crippen LogP contribution in [-0.2, 0) is 4.79 Å². The smallest absolute Gasteiger partial charge is 0.270 e. The SMILES string of the molecule is CC(C)C(=O)N1CCN(c2nc3ccc([N+](=O)[O-])cc3s2)CC1. The van der Waals surface area contributed by atoms with Crippen LogP contribution in [0.1, 0.15) is 13.8 Å². The summed E-state index contributed by atoms with van der Waals surface area (Å²) in [5, 5.41) is 11.7. The number of hydrogen-bond donors (Lipinski definition) is 0. The Morgan fingerprint density at radius 3 is 2.61 bits per heavy atom. The summed E-state index contributed by atoms with van der Waals surface area (Å²) in [6.07, 6.45) is 0. The van der Waals surface area contributed by atoms with Gasteiger partial charge in [-0.2, -0.15) is 0 Å². The summed E-state index contributed by atoms with van der Waals surface area (Å²) in [4.78, 5) is 31.1. The number of nitro benzene ring substituents is 1. The number of hydrogen-bond acceptors (Lipinski definition) is 6. The zero-order chi connectivity index (χ0) is 16.6. The molecule has 0 unspecified atom stereocenters. The van der Waals surface area contributed by atoms with Crippen molar-refractivity contribution in [3.8, 4) is 0 Å². The number of benzene rings is 1. The molecule has 1 aromatic carbocycles. The van der Waals surface area contributed by atoms with E-state index in [1.54, 1.807) is 12.1 Å². The fraction of sp³-hybridized carbons (Fsp3) is 0.467. The summed E-state index contributed by atoms with van der Waals surface area (Å²) in [6, 6.07) is 4.73. The Kier molecular flexibility index (Phi) is 4.16. The average molecular weight is 334 g/mol. The summed E-state index contributed by atoms with van der Waals surface area (Å²) in [7, 11) is 0. The van der Waals surface area contributed by atoms with Gasteiger partial charge >= 0.3 is 0 Å². The maximum Gasteiger partial charge on any atom is 0.270 e. The van der Waals surface area contributed by atoms with Crippen molar-refractivity contribution in [2.45, 2.75) is 13.8 Å². The third-order valence-corrected chi connectivity index (χ3v) is 5.01. The molecule has 0 saturated carbocycles. The van der Waals surface area contributed by atoms with Crippen molar-refractivity contribution in [3.05, 3.63) is 28.3 Å². The number of anilines is 1. The number of piperazine rings is 1. The predicted octanol–water partition coefficient (Wildman–Crippen LogP) is 2.51. The Labute approximate surface area is 137 Å². The van der Waals surface area contributed by atoms with Crippen LogP contribution >= 0.6 is 11.3 Å². The van der Waals surface area contributed by atoms with Crippen molar-refractivity contribution >= 4 is 38.3 Å². The van der Waals surface area contributed by atoms with Gasteiger partial charge in [-0.1, -0.05) is 25.2 Å². The molecule has 1 saturated heterocycles. The highest BCUT2D eigenvalue weighted by molar-refractivity contribution is 7.22. The molecule has 8 heteroatoms. The standard InChI is InChI=1S/C15H18N4O3S/c1-10(2)14(20)17-5-7-18(8-6-17)15-16-12-4-3-11(19(21)22)9-13(12)23-15/h3-4,9-10H,5-8H2,1-2H3. The molecule has 0 radical (unpaired) electrons. The van der Waals surface area contributed by atoms with Crippen molar-refractivity contribution in [2.75, 3.05) is 31.1 Å². The highest BCUT2D eigenvalue weighted by atomic mass is 32.1. The van der Waals surface area contributed by atoms with Crippen LogP contribution in [-0.4, -0.2) is 46.9 Å². The lowest BCUT2D eigenvalue weighted by atomic mass is 10.2. The molecule has 2 heterocycles. The quantitative estimate of drug-likeness (QED) is 0.636. The van der Waals surface area contributed by atoms with E-state index >= 15 is 0 Å². The molecular formula is C15H18N4O3S. The first kappa shape index (κ1) is 15.7. The van der Waals surface area contributed by atoms with Crippen molar-refractivity contribution in [3.63, 3.8) is 0 Å². The van der Waals surface area contributed by atoms with Gasteiger partial charge in [0.2, 0.25) is 5.91 Å². The molecule has 1 aliphatic rings. The van der Waals surface area contributed by atoms with Gasteiger partial charge in [-0.15, -0.1) is 0 Å². The molecule has 0 N–H and O–H groups in total. The number of thiazole rings is 1. The van der Waals surface area contributed by atoms with Gasteiger partial charge in [-0.25, -0.2) is 4.98 Å². The second kappa shape index (κ2) is 6.11. The summed E-state index contributed by atoms with van der Waals surface area (Å²) >= 11 is 1.46. The van der Waals surface area contributed by atoms with Gasteiger partial charge in [0.15, 0.2) is 5.13 Å². The average Bonchev–Trinajstić information content (AvgIpc) is 2.97. The van der Waals surface area contributed by atoms with E-state index < -0.39 is 4.92 Å². The molecule has 1 aliphatic heterocycles. The number of carbonyl (C=O) groups excluding carboxylic acids is 1. The topological polar surface area (TPSA) is 79.6 Å². The number of amides is 1. The van der Waals surface area contributed by atoms with E-state index in [2.05, 4.69) is 9.88 Å². The lowest BCUT2D eigenvalue weighted by Crippen LogP contribution is -2.49. The summed E-state index contributed by atoms with van der Waals surface area (Å²) < 4.78 is 0.815. The third kappa shape index (κ3) is 3.12. The van der Waals surface area contributed by atoms with Crippen LogP contribution in [0.15, 0.2) is 18.2 Å². The normalized spacial score (nSPS) is 15.4. The molecule has 0 bridgehead atoms. The Hall–Kier alpha value is -2.22. The van der Waals surface area contributed by atoms with Gasteiger partial charge in [-0.3, -0.25) is 14.9 Å². The predicted molar refractivity (Wildman–Crippen MR) is 89.9 cm³/mol. The number of nitrogens with zero attached hydrogens (tertiary/aromatic N) is 4. The molecule has 0 spiro atoms. The summed E-state index contributed by atoms with van der Waals surface area (Å²) in [6.45, 7) is 6.67. The van der Waals surface area contributed by atoms with Gasteiger partial charge in [0.05, 0.1) is 15.1 Å². The second-order valence-corrected chi connectivity index (χ2v) is 6.88. The van der Waals surface area contributed by atoms with Crippen molar-refractivity contribution in [1.82, 2.24) is 9.88 Å². The van der Waals surface area contributed by atoms with E-state index in [1.807, 2.05) is 18.7 Å². The van der Waals surface area contributed by atoms with Gasteiger partial charge in [0, 0.05) is 44.2 Å². The zero-order valence-electron chi connectivity index (χ0n) is 13.1. The molecule has 0 aliphatic carbocycles. The minimum absolute atomic E-state index is 0.0181. The molecule has 3 rings (SSSR count). The van der Waals surface area contributed by atoms with Crippen LogP contribution < -0.4 is 4.90 Å². The first-order valence-corrected chi connectivity index (χ1v) is 8.36. The fourth-order valence-electron chi connectivity index (χ4n) is 2.63. The number of aromatic nitrogens is 1. The van der Waals surface area contributed by atoms with Crippen molar-refractivity contribution in [1.29, 1.82) is 0 Å². The summed E-state index contributed by atoms with van der Waals surface area (Å²) in [5.74, 6) is 0.203. The van der Waals surface area contributed by atoms with Crippen molar-refractivity contribution in [2.24, 2.45) is 5.92 Å². The Morgan fingerprint density at radius 1 is 1.30 bits per heavy atom. The van der Waals surface area contributed by atoms with Crippen LogP contribution in [0.4, 0.5) is 10.8 Å². The molecule has 2 aromatic rings. The number of fused-ring (bicyclic) bond motifs is 1. The first-order valence-electron chi connectivity index (χ1n) is 7.54. The molecular weight excluding hydrogens is 316 g/mol. The number of nitro groups is 1. The van der Waals surface area contributed by atoms with E-state index in [1.165, 1.54) is 17.4 Å². The van der Waals surface area contributed by atoms with E-state index in [4.69, 9.17) is 0 Å². The fourth-order valence-corrected chi connectivity index (χ4v) is 3.68. The largest absolute Gasteiger partial charge is 0.345 e. The van der Waals surface area contributed by atoms with Gasteiger partial charge in [-0.05, 0) is 6.07 Å². The van der Waals surface area contributed by atoms with Crippen molar-refractivity contribution < 1.29 is 9.72 Å². The first-order chi connectivity index (χ1) is 11.0. The van der Waals surface area contributed by atoms with Crippen LogP contribution in [0.3, 0.4) is 0 Å².